The smallest absolute Gasteiger partial charge is 0.213 e. The second kappa shape index (κ2) is 5.62. The van der Waals surface area contributed by atoms with Gasteiger partial charge >= 0.3 is 0 Å². The summed E-state index contributed by atoms with van der Waals surface area (Å²) >= 11 is 11.3. The van der Waals surface area contributed by atoms with Gasteiger partial charge in [-0.05, 0) is 7.05 Å². The lowest BCUT2D eigenvalue weighted by molar-refractivity contribution is 0.588. The molecule has 0 aliphatic heterocycles. The zero-order chi connectivity index (χ0) is 12.2. The molecule has 90 valence electrons. The number of halogens is 2. The molecular weight excluding hydrogens is 275 g/mol. The van der Waals surface area contributed by atoms with E-state index in [9.17, 15) is 8.42 Å². The fourth-order valence-electron chi connectivity index (χ4n) is 0.899. The maximum Gasteiger partial charge on any atom is 0.213 e. The molecule has 0 amide bonds. The number of hydrogen-bond donors (Lipinski definition) is 2. The molecule has 0 saturated carbocycles. The van der Waals surface area contributed by atoms with Crippen molar-refractivity contribution in [3.63, 3.8) is 0 Å². The van der Waals surface area contributed by atoms with E-state index in [1.807, 2.05) is 0 Å². The predicted octanol–water partition coefficient (Wildman–Crippen LogP) is 0.744. The standard InChI is InChI=1S/C7H10Cl2N4O2S/c1-10-16(14,15)3-2-11-5-4-6(8)12-13-7(5)9/h4,10H,2-3H2,1H3,(H,11,12). The van der Waals surface area contributed by atoms with E-state index in [1.54, 1.807) is 0 Å². The van der Waals surface area contributed by atoms with Gasteiger partial charge in [-0.25, -0.2) is 13.1 Å². The van der Waals surface area contributed by atoms with Crippen LogP contribution in [-0.4, -0.2) is 38.0 Å². The number of hydrogen-bond acceptors (Lipinski definition) is 5. The van der Waals surface area contributed by atoms with E-state index in [1.165, 1.54) is 13.1 Å². The molecule has 0 bridgehead atoms. The summed E-state index contributed by atoms with van der Waals surface area (Å²) in [5.74, 6) is -0.0697. The Kier molecular flexibility index (Phi) is 4.72. The quantitative estimate of drug-likeness (QED) is 0.833. The highest BCUT2D eigenvalue weighted by Gasteiger charge is 2.08. The summed E-state index contributed by atoms with van der Waals surface area (Å²) in [5.41, 5.74) is 0.452. The molecule has 0 aromatic carbocycles. The first-order valence-corrected chi connectivity index (χ1v) is 6.69. The number of anilines is 1. The third kappa shape index (κ3) is 4.09. The molecule has 1 heterocycles. The van der Waals surface area contributed by atoms with Gasteiger partial charge in [0.2, 0.25) is 10.0 Å². The highest BCUT2D eigenvalue weighted by molar-refractivity contribution is 7.89. The second-order valence-corrected chi connectivity index (χ2v) is 5.61. The first kappa shape index (κ1) is 13.4. The monoisotopic (exact) mass is 284 g/mol. The fourth-order valence-corrected chi connectivity index (χ4v) is 1.78. The van der Waals surface area contributed by atoms with E-state index in [2.05, 4.69) is 20.2 Å². The molecule has 1 aromatic heterocycles. The van der Waals surface area contributed by atoms with Crippen LogP contribution in [0.3, 0.4) is 0 Å². The van der Waals surface area contributed by atoms with Crippen molar-refractivity contribution in [3.05, 3.63) is 16.4 Å². The van der Waals surface area contributed by atoms with E-state index in [0.29, 0.717) is 5.69 Å². The summed E-state index contributed by atoms with van der Waals surface area (Å²) in [5, 5.41) is 10.2. The molecule has 0 atom stereocenters. The Labute approximate surface area is 103 Å². The molecule has 0 fully saturated rings. The summed E-state index contributed by atoms with van der Waals surface area (Å²) in [6, 6.07) is 1.48. The molecule has 2 N–H and O–H groups in total. The van der Waals surface area contributed by atoms with Crippen LogP contribution in [0.25, 0.3) is 0 Å². The van der Waals surface area contributed by atoms with Crippen molar-refractivity contribution in [2.24, 2.45) is 0 Å². The zero-order valence-electron chi connectivity index (χ0n) is 8.37. The van der Waals surface area contributed by atoms with Gasteiger partial charge in [0.25, 0.3) is 0 Å². The summed E-state index contributed by atoms with van der Waals surface area (Å²) in [6.07, 6.45) is 0. The fraction of sp³-hybridized carbons (Fsp3) is 0.429. The molecule has 0 radical (unpaired) electrons. The lowest BCUT2D eigenvalue weighted by Crippen LogP contribution is -2.26. The molecular formula is C7H10Cl2N4O2S. The topological polar surface area (TPSA) is 84.0 Å². The van der Waals surface area contributed by atoms with Crippen LogP contribution in [0.15, 0.2) is 6.07 Å². The van der Waals surface area contributed by atoms with Gasteiger partial charge in [0, 0.05) is 12.6 Å². The molecule has 0 aliphatic carbocycles. The van der Waals surface area contributed by atoms with Crippen molar-refractivity contribution < 1.29 is 8.42 Å². The lowest BCUT2D eigenvalue weighted by atomic mass is 10.4. The van der Waals surface area contributed by atoms with Gasteiger partial charge in [-0.2, -0.15) is 0 Å². The Morgan fingerprint density at radius 3 is 2.69 bits per heavy atom. The molecule has 16 heavy (non-hydrogen) atoms. The van der Waals surface area contributed by atoms with Gasteiger partial charge in [0.15, 0.2) is 10.3 Å². The van der Waals surface area contributed by atoms with Crippen LogP contribution < -0.4 is 10.0 Å². The van der Waals surface area contributed by atoms with Gasteiger partial charge in [-0.15, -0.1) is 10.2 Å². The third-order valence-corrected chi connectivity index (χ3v) is 3.54. The minimum Gasteiger partial charge on any atom is -0.381 e. The average Bonchev–Trinajstić information content (AvgIpc) is 2.23. The summed E-state index contributed by atoms with van der Waals surface area (Å²) in [4.78, 5) is 0. The van der Waals surface area contributed by atoms with Crippen molar-refractivity contribution >= 4 is 38.9 Å². The van der Waals surface area contributed by atoms with Crippen molar-refractivity contribution in [2.75, 3.05) is 24.7 Å². The van der Waals surface area contributed by atoms with Crippen molar-refractivity contribution in [1.29, 1.82) is 0 Å². The summed E-state index contributed by atoms with van der Waals surface area (Å²) in [7, 11) is -1.88. The minimum atomic E-state index is -3.24. The SMILES string of the molecule is CNS(=O)(=O)CCNc1cc(Cl)nnc1Cl. The highest BCUT2D eigenvalue weighted by Crippen LogP contribution is 2.20. The number of aromatic nitrogens is 2. The van der Waals surface area contributed by atoms with Crippen LogP contribution in [0.4, 0.5) is 5.69 Å². The lowest BCUT2D eigenvalue weighted by Gasteiger charge is -2.07. The van der Waals surface area contributed by atoms with Crippen LogP contribution >= 0.6 is 23.2 Å². The van der Waals surface area contributed by atoms with Crippen LogP contribution in [0, 0.1) is 0 Å². The van der Waals surface area contributed by atoms with Gasteiger partial charge in [-0.1, -0.05) is 23.2 Å². The van der Waals surface area contributed by atoms with Gasteiger partial charge in [-0.3, -0.25) is 0 Å². The van der Waals surface area contributed by atoms with Crippen LogP contribution in [0.1, 0.15) is 0 Å². The largest absolute Gasteiger partial charge is 0.381 e. The normalized spacial score (nSPS) is 11.4. The van der Waals surface area contributed by atoms with Crippen LogP contribution in [0.5, 0.6) is 0 Å². The Morgan fingerprint density at radius 1 is 1.38 bits per heavy atom. The molecule has 0 unspecified atom stereocenters. The molecule has 1 aromatic rings. The highest BCUT2D eigenvalue weighted by atomic mass is 35.5. The Morgan fingerprint density at radius 2 is 2.06 bits per heavy atom. The number of sulfonamides is 1. The summed E-state index contributed by atoms with van der Waals surface area (Å²) in [6.45, 7) is 0.199. The van der Waals surface area contributed by atoms with E-state index in [4.69, 9.17) is 23.2 Å². The van der Waals surface area contributed by atoms with E-state index in [-0.39, 0.29) is 22.6 Å². The maximum atomic E-state index is 11.1. The molecule has 1 rings (SSSR count). The average molecular weight is 285 g/mol. The Balaban J connectivity index is 2.59. The van der Waals surface area contributed by atoms with E-state index < -0.39 is 10.0 Å². The Bertz CT molecular complexity index is 465. The van der Waals surface area contributed by atoms with E-state index >= 15 is 0 Å². The Hall–Kier alpha value is -0.630. The molecule has 0 spiro atoms. The van der Waals surface area contributed by atoms with Gasteiger partial charge in [0.05, 0.1) is 11.4 Å². The second-order valence-electron chi connectivity index (χ2n) is 2.82. The molecule has 6 nitrogen and oxygen atoms in total. The van der Waals surface area contributed by atoms with Gasteiger partial charge in [0.1, 0.15) is 0 Å². The molecule has 0 aliphatic rings. The maximum absolute atomic E-state index is 11.1. The first-order chi connectivity index (χ1) is 7.44. The zero-order valence-corrected chi connectivity index (χ0v) is 10.7. The predicted molar refractivity (Wildman–Crippen MR) is 63.4 cm³/mol. The van der Waals surface area contributed by atoms with Crippen molar-refractivity contribution in [2.45, 2.75) is 0 Å². The van der Waals surface area contributed by atoms with E-state index in [0.717, 1.165) is 0 Å². The third-order valence-electron chi connectivity index (χ3n) is 1.72. The van der Waals surface area contributed by atoms with Crippen molar-refractivity contribution in [1.82, 2.24) is 14.9 Å². The molecule has 9 heteroatoms. The van der Waals surface area contributed by atoms with Gasteiger partial charge < -0.3 is 5.32 Å². The van der Waals surface area contributed by atoms with Crippen LogP contribution in [0.2, 0.25) is 10.3 Å². The number of rotatable bonds is 5. The van der Waals surface area contributed by atoms with Crippen LogP contribution in [-0.2, 0) is 10.0 Å². The number of nitrogens with zero attached hydrogens (tertiary/aromatic N) is 2. The van der Waals surface area contributed by atoms with Crippen molar-refractivity contribution in [3.8, 4) is 0 Å². The first-order valence-electron chi connectivity index (χ1n) is 4.28. The molecule has 0 saturated heterocycles. The minimum absolute atomic E-state index is 0.0697. The summed E-state index contributed by atoms with van der Waals surface area (Å²) < 4.78 is 24.4. The number of nitrogens with one attached hydrogen (secondary N) is 2.